The quantitative estimate of drug-likeness (QED) is 0.487. The number of carbonyl (C=O) groups excluding carboxylic acids is 2. The number of non-ortho nitro benzene ring substituents is 1. The van der Waals surface area contributed by atoms with Gasteiger partial charge in [0.1, 0.15) is 12.6 Å². The second-order valence-electron chi connectivity index (χ2n) is 6.04. The smallest absolute Gasteiger partial charge is 0.328 e. The number of hydrogen-bond donors (Lipinski definition) is 1. The molecule has 0 spiro atoms. The van der Waals surface area contributed by atoms with E-state index >= 15 is 0 Å². The Bertz CT molecular complexity index is 848. The van der Waals surface area contributed by atoms with Crippen LogP contribution in [0, 0.1) is 24.0 Å². The fraction of sp³-hybridized carbons (Fsp3) is 0.263. The van der Waals surface area contributed by atoms with E-state index in [4.69, 9.17) is 4.74 Å². The highest BCUT2D eigenvalue weighted by Gasteiger charge is 2.19. The number of esters is 1. The molecule has 2 rings (SSSR count). The maximum atomic E-state index is 12.2. The van der Waals surface area contributed by atoms with E-state index in [0.29, 0.717) is 0 Å². The molecule has 0 saturated heterocycles. The maximum absolute atomic E-state index is 12.2. The number of amides is 1. The van der Waals surface area contributed by atoms with Crippen molar-refractivity contribution in [2.75, 3.05) is 0 Å². The number of ether oxygens (including phenoxy) is 1. The predicted molar refractivity (Wildman–Crippen MR) is 95.7 cm³/mol. The zero-order chi connectivity index (χ0) is 19.3. The maximum Gasteiger partial charge on any atom is 0.328 e. The van der Waals surface area contributed by atoms with E-state index in [9.17, 15) is 19.7 Å². The van der Waals surface area contributed by atoms with Crippen LogP contribution in [0.25, 0.3) is 0 Å². The molecule has 1 atom stereocenters. The fourth-order valence-corrected chi connectivity index (χ4v) is 2.33. The summed E-state index contributed by atoms with van der Waals surface area (Å²) in [5, 5.41) is 13.3. The minimum absolute atomic E-state index is 0.105. The number of nitro benzene ring substituents is 1. The summed E-state index contributed by atoms with van der Waals surface area (Å²) in [6, 6.07) is 10.3. The molecule has 7 nitrogen and oxygen atoms in total. The van der Waals surface area contributed by atoms with Crippen LogP contribution in [-0.4, -0.2) is 22.8 Å². The number of rotatable bonds is 6. The molecular weight excluding hydrogens is 336 g/mol. The summed E-state index contributed by atoms with van der Waals surface area (Å²) in [5.74, 6) is -1.16. The third-order valence-electron chi connectivity index (χ3n) is 3.89. The lowest BCUT2D eigenvalue weighted by Crippen LogP contribution is -2.39. The fourth-order valence-electron chi connectivity index (χ4n) is 2.33. The van der Waals surface area contributed by atoms with Gasteiger partial charge in [-0.3, -0.25) is 14.9 Å². The Morgan fingerprint density at radius 2 is 1.92 bits per heavy atom. The van der Waals surface area contributed by atoms with E-state index in [0.717, 1.165) is 22.8 Å². The van der Waals surface area contributed by atoms with Crippen LogP contribution in [0.2, 0.25) is 0 Å². The monoisotopic (exact) mass is 356 g/mol. The minimum Gasteiger partial charge on any atom is -0.459 e. The van der Waals surface area contributed by atoms with Gasteiger partial charge in [0.25, 0.3) is 11.6 Å². The second-order valence-corrected chi connectivity index (χ2v) is 6.04. The highest BCUT2D eigenvalue weighted by atomic mass is 16.6. The first-order valence-electron chi connectivity index (χ1n) is 8.06. The number of nitrogens with zero attached hydrogens (tertiary/aromatic N) is 1. The Balaban J connectivity index is 1.96. The van der Waals surface area contributed by atoms with Gasteiger partial charge in [0.2, 0.25) is 0 Å². The molecule has 0 aromatic heterocycles. The summed E-state index contributed by atoms with van der Waals surface area (Å²) >= 11 is 0. The first-order valence-corrected chi connectivity index (χ1v) is 8.06. The number of nitrogens with one attached hydrogen (secondary N) is 1. The van der Waals surface area contributed by atoms with Crippen LogP contribution in [0.1, 0.15) is 34.0 Å². The molecule has 136 valence electrons. The number of hydrogen-bond acceptors (Lipinski definition) is 5. The van der Waals surface area contributed by atoms with Crippen molar-refractivity contribution in [3.8, 4) is 0 Å². The van der Waals surface area contributed by atoms with Crippen LogP contribution in [0.15, 0.2) is 42.5 Å². The van der Waals surface area contributed by atoms with Crippen LogP contribution in [-0.2, 0) is 16.1 Å². The van der Waals surface area contributed by atoms with Crippen LogP contribution < -0.4 is 5.32 Å². The summed E-state index contributed by atoms with van der Waals surface area (Å²) in [5.41, 5.74) is 2.89. The molecular formula is C19H20N2O5. The first kappa shape index (κ1) is 19.1. The number of benzene rings is 2. The largest absolute Gasteiger partial charge is 0.459 e. The third-order valence-corrected chi connectivity index (χ3v) is 3.89. The Hall–Kier alpha value is -3.22. The van der Waals surface area contributed by atoms with E-state index in [1.165, 1.54) is 25.1 Å². The third kappa shape index (κ3) is 4.89. The Morgan fingerprint density at radius 3 is 2.62 bits per heavy atom. The molecule has 0 aliphatic heterocycles. The van der Waals surface area contributed by atoms with Gasteiger partial charge in [-0.15, -0.1) is 0 Å². The highest BCUT2D eigenvalue weighted by molar-refractivity contribution is 5.97. The molecule has 0 saturated carbocycles. The number of carbonyl (C=O) groups is 2. The molecule has 26 heavy (non-hydrogen) atoms. The van der Waals surface area contributed by atoms with Gasteiger partial charge in [0, 0.05) is 17.7 Å². The van der Waals surface area contributed by atoms with Gasteiger partial charge in [-0.25, -0.2) is 4.79 Å². The lowest BCUT2D eigenvalue weighted by Gasteiger charge is -2.14. The van der Waals surface area contributed by atoms with Crippen molar-refractivity contribution in [1.29, 1.82) is 0 Å². The van der Waals surface area contributed by atoms with Gasteiger partial charge in [-0.05, 0) is 38.0 Å². The zero-order valence-electron chi connectivity index (χ0n) is 14.8. The zero-order valence-corrected chi connectivity index (χ0v) is 14.8. The van der Waals surface area contributed by atoms with E-state index in [2.05, 4.69) is 5.32 Å². The van der Waals surface area contributed by atoms with Crippen molar-refractivity contribution >= 4 is 17.6 Å². The molecule has 1 amide bonds. The Kier molecular flexibility index (Phi) is 6.06. The van der Waals surface area contributed by atoms with E-state index in [1.807, 2.05) is 32.0 Å². The molecule has 0 aliphatic rings. The lowest BCUT2D eigenvalue weighted by molar-refractivity contribution is -0.384. The molecule has 2 aromatic rings. The minimum atomic E-state index is -0.883. The molecule has 0 bridgehead atoms. The van der Waals surface area contributed by atoms with Crippen molar-refractivity contribution in [2.24, 2.45) is 0 Å². The van der Waals surface area contributed by atoms with Crippen LogP contribution in [0.3, 0.4) is 0 Å². The molecule has 0 radical (unpaired) electrons. The van der Waals surface area contributed by atoms with Crippen LogP contribution in [0.4, 0.5) is 5.69 Å². The number of aryl methyl sites for hydroxylation is 2. The summed E-state index contributed by atoms with van der Waals surface area (Å²) in [6.45, 7) is 5.49. The first-order chi connectivity index (χ1) is 12.3. The van der Waals surface area contributed by atoms with Gasteiger partial charge in [-0.2, -0.15) is 0 Å². The topological polar surface area (TPSA) is 98.5 Å². The molecule has 2 aromatic carbocycles. The van der Waals surface area contributed by atoms with Gasteiger partial charge in [-0.1, -0.05) is 29.8 Å². The van der Waals surface area contributed by atoms with Crippen molar-refractivity contribution in [1.82, 2.24) is 5.32 Å². The van der Waals surface area contributed by atoms with Crippen molar-refractivity contribution in [3.05, 3.63) is 74.8 Å². The second kappa shape index (κ2) is 8.24. The van der Waals surface area contributed by atoms with E-state index in [1.54, 1.807) is 0 Å². The van der Waals surface area contributed by atoms with E-state index < -0.39 is 22.8 Å². The van der Waals surface area contributed by atoms with Gasteiger partial charge in [0.15, 0.2) is 0 Å². The number of nitro groups is 1. The van der Waals surface area contributed by atoms with Crippen molar-refractivity contribution in [3.63, 3.8) is 0 Å². The van der Waals surface area contributed by atoms with Crippen molar-refractivity contribution in [2.45, 2.75) is 33.4 Å². The van der Waals surface area contributed by atoms with Crippen LogP contribution in [0.5, 0.6) is 0 Å². The molecule has 1 unspecified atom stereocenters. The van der Waals surface area contributed by atoms with E-state index in [-0.39, 0.29) is 17.9 Å². The summed E-state index contributed by atoms with van der Waals surface area (Å²) in [6.07, 6.45) is 0. The molecule has 1 N–H and O–H groups in total. The van der Waals surface area contributed by atoms with Gasteiger partial charge >= 0.3 is 5.97 Å². The molecule has 0 heterocycles. The van der Waals surface area contributed by atoms with Gasteiger partial charge in [0.05, 0.1) is 4.92 Å². The average Bonchev–Trinajstić information content (AvgIpc) is 2.62. The highest BCUT2D eigenvalue weighted by Crippen LogP contribution is 2.14. The summed E-state index contributed by atoms with van der Waals surface area (Å²) < 4.78 is 5.26. The Labute approximate surface area is 151 Å². The molecule has 0 aliphatic carbocycles. The standard InChI is InChI=1S/C19H20N2O5/c1-12-7-8-13(2)16(9-12)11-26-19(23)14(3)20-18(22)15-5-4-6-17(10-15)21(24)25/h4-10,14H,11H2,1-3H3,(H,20,22). The molecule has 7 heteroatoms. The molecule has 0 fully saturated rings. The average molecular weight is 356 g/mol. The Morgan fingerprint density at radius 1 is 1.19 bits per heavy atom. The summed E-state index contributed by atoms with van der Waals surface area (Å²) in [4.78, 5) is 34.5. The lowest BCUT2D eigenvalue weighted by atomic mass is 10.1. The van der Waals surface area contributed by atoms with Crippen molar-refractivity contribution < 1.29 is 19.2 Å². The SMILES string of the molecule is Cc1ccc(C)c(COC(=O)C(C)NC(=O)c2cccc([N+](=O)[O-])c2)c1. The normalized spacial score (nSPS) is 11.5. The van der Waals surface area contributed by atoms with Crippen LogP contribution >= 0.6 is 0 Å². The van der Waals surface area contributed by atoms with Gasteiger partial charge < -0.3 is 10.1 Å². The summed E-state index contributed by atoms with van der Waals surface area (Å²) in [7, 11) is 0. The predicted octanol–water partition coefficient (Wildman–Crippen LogP) is 3.07.